The van der Waals surface area contributed by atoms with Gasteiger partial charge in [0.15, 0.2) is 5.16 Å². The molecule has 9 heteroatoms. The lowest BCUT2D eigenvalue weighted by Crippen LogP contribution is -2.52. The van der Waals surface area contributed by atoms with Crippen LogP contribution in [0.3, 0.4) is 0 Å². The van der Waals surface area contributed by atoms with Crippen LogP contribution in [0.25, 0.3) is 11.0 Å². The summed E-state index contributed by atoms with van der Waals surface area (Å²) in [5.74, 6) is 0.0106. The zero-order chi connectivity index (χ0) is 22.0. The van der Waals surface area contributed by atoms with Crippen LogP contribution in [0, 0.1) is 0 Å². The Labute approximate surface area is 187 Å². The second kappa shape index (κ2) is 9.02. The summed E-state index contributed by atoms with van der Waals surface area (Å²) in [6, 6.07) is 16.4. The number of amides is 1. The van der Waals surface area contributed by atoms with Gasteiger partial charge in [0.1, 0.15) is 0 Å². The summed E-state index contributed by atoms with van der Waals surface area (Å²) in [5, 5.41) is 0.522. The van der Waals surface area contributed by atoms with Crippen molar-refractivity contribution in [2.24, 2.45) is 0 Å². The summed E-state index contributed by atoms with van der Waals surface area (Å²) in [6.45, 7) is 6.11. The van der Waals surface area contributed by atoms with Gasteiger partial charge in [-0.15, -0.1) is 0 Å². The smallest absolute Gasteiger partial charge is 0.243 e. The molecule has 0 bridgehead atoms. The van der Waals surface area contributed by atoms with Gasteiger partial charge < -0.3 is 9.47 Å². The van der Waals surface area contributed by atoms with Gasteiger partial charge in [0.05, 0.1) is 21.2 Å². The van der Waals surface area contributed by atoms with Gasteiger partial charge in [0.25, 0.3) is 0 Å². The second-order valence-electron chi connectivity index (χ2n) is 7.43. The Morgan fingerprint density at radius 1 is 1.03 bits per heavy atom. The molecule has 2 aromatic carbocycles. The standard InChI is InChI=1S/C22H26N4O3S2/c1-3-26-20-12-8-7-11-19(20)23-22(26)30-17(2)21(27)24-13-15-25(16-14-24)31(28,29)18-9-5-4-6-10-18/h4-12,17H,3,13-16H2,1-2H3/t17-/m1/s1. The van der Waals surface area contributed by atoms with Gasteiger partial charge in [0.2, 0.25) is 15.9 Å². The van der Waals surface area contributed by atoms with Gasteiger partial charge in [0, 0.05) is 32.7 Å². The van der Waals surface area contributed by atoms with Crippen LogP contribution >= 0.6 is 11.8 Å². The minimum Gasteiger partial charge on any atom is -0.339 e. The molecule has 0 radical (unpaired) electrons. The average molecular weight is 459 g/mol. The number of aromatic nitrogens is 2. The number of thioether (sulfide) groups is 1. The van der Waals surface area contributed by atoms with Crippen LogP contribution in [0.1, 0.15) is 13.8 Å². The van der Waals surface area contributed by atoms with Gasteiger partial charge in [-0.25, -0.2) is 13.4 Å². The lowest BCUT2D eigenvalue weighted by molar-refractivity contribution is -0.131. The van der Waals surface area contributed by atoms with Crippen LogP contribution in [0.15, 0.2) is 64.6 Å². The van der Waals surface area contributed by atoms with Crippen LogP contribution in [-0.4, -0.2) is 64.5 Å². The van der Waals surface area contributed by atoms with E-state index in [1.165, 1.54) is 16.1 Å². The van der Waals surface area contributed by atoms with Gasteiger partial charge in [-0.1, -0.05) is 42.1 Å². The number of sulfonamides is 1. The summed E-state index contributed by atoms with van der Waals surface area (Å²) < 4.78 is 29.2. The molecule has 3 aromatic rings. The predicted octanol–water partition coefficient (Wildman–Crippen LogP) is 3.07. The first-order valence-electron chi connectivity index (χ1n) is 10.4. The number of benzene rings is 2. The normalized spacial score (nSPS) is 16.5. The highest BCUT2D eigenvalue weighted by Gasteiger charge is 2.32. The molecular weight excluding hydrogens is 432 g/mol. The van der Waals surface area contributed by atoms with Crippen LogP contribution in [0.2, 0.25) is 0 Å². The molecule has 2 heterocycles. The molecule has 0 saturated carbocycles. The maximum Gasteiger partial charge on any atom is 0.243 e. The quantitative estimate of drug-likeness (QED) is 0.531. The van der Waals surface area contributed by atoms with Crippen molar-refractivity contribution in [3.05, 3.63) is 54.6 Å². The predicted molar refractivity (Wildman–Crippen MR) is 123 cm³/mol. The summed E-state index contributed by atoms with van der Waals surface area (Å²) in [6.07, 6.45) is 0. The van der Waals surface area contributed by atoms with Gasteiger partial charge in [-0.2, -0.15) is 4.31 Å². The summed E-state index contributed by atoms with van der Waals surface area (Å²) in [5.41, 5.74) is 1.98. The Hall–Kier alpha value is -2.36. The zero-order valence-electron chi connectivity index (χ0n) is 17.6. The Morgan fingerprint density at radius 3 is 2.35 bits per heavy atom. The molecule has 1 amide bonds. The third-order valence-electron chi connectivity index (χ3n) is 5.50. The van der Waals surface area contributed by atoms with Gasteiger partial charge in [-0.3, -0.25) is 4.79 Å². The van der Waals surface area contributed by atoms with Gasteiger partial charge >= 0.3 is 0 Å². The summed E-state index contributed by atoms with van der Waals surface area (Å²) >= 11 is 1.45. The number of fused-ring (bicyclic) bond motifs is 1. The van der Waals surface area contributed by atoms with Crippen molar-refractivity contribution in [3.8, 4) is 0 Å². The van der Waals surface area contributed by atoms with E-state index in [1.54, 1.807) is 35.2 Å². The summed E-state index contributed by atoms with van der Waals surface area (Å²) in [7, 11) is -3.53. The number of rotatable bonds is 6. The summed E-state index contributed by atoms with van der Waals surface area (Å²) in [4.78, 5) is 19.8. The SMILES string of the molecule is CCn1c(S[C@H](C)C(=O)N2CCN(S(=O)(=O)c3ccccc3)CC2)nc2ccccc21. The van der Waals surface area contributed by atoms with E-state index in [0.29, 0.717) is 26.2 Å². The third-order valence-corrected chi connectivity index (χ3v) is 8.49. The number of aryl methyl sites for hydroxylation is 1. The highest BCUT2D eigenvalue weighted by atomic mass is 32.2. The van der Waals surface area contributed by atoms with Crippen molar-refractivity contribution in [3.63, 3.8) is 0 Å². The Balaban J connectivity index is 1.41. The van der Waals surface area contributed by atoms with Crippen molar-refractivity contribution in [2.75, 3.05) is 26.2 Å². The average Bonchev–Trinajstić information content (AvgIpc) is 3.16. The first-order chi connectivity index (χ1) is 14.9. The number of piperazine rings is 1. The fraction of sp³-hybridized carbons (Fsp3) is 0.364. The number of imidazole rings is 1. The molecule has 0 spiro atoms. The molecule has 0 aliphatic carbocycles. The molecule has 1 aliphatic rings. The number of carbonyl (C=O) groups is 1. The molecule has 1 saturated heterocycles. The lowest BCUT2D eigenvalue weighted by atomic mass is 10.3. The lowest BCUT2D eigenvalue weighted by Gasteiger charge is -2.35. The first kappa shape index (κ1) is 21.9. The Kier molecular flexibility index (Phi) is 6.36. The third kappa shape index (κ3) is 4.35. The zero-order valence-corrected chi connectivity index (χ0v) is 19.3. The molecule has 1 aromatic heterocycles. The highest BCUT2D eigenvalue weighted by Crippen LogP contribution is 2.28. The maximum atomic E-state index is 13.0. The molecule has 4 rings (SSSR count). The van der Waals surface area contributed by atoms with E-state index in [9.17, 15) is 13.2 Å². The molecule has 1 fully saturated rings. The van der Waals surface area contributed by atoms with E-state index in [1.807, 2.05) is 31.2 Å². The van der Waals surface area contributed by atoms with Crippen molar-refractivity contribution < 1.29 is 13.2 Å². The Morgan fingerprint density at radius 2 is 1.68 bits per heavy atom. The van der Waals surface area contributed by atoms with E-state index in [4.69, 9.17) is 4.98 Å². The van der Waals surface area contributed by atoms with Crippen molar-refractivity contribution in [1.29, 1.82) is 0 Å². The topological polar surface area (TPSA) is 75.5 Å². The molecule has 1 atom stereocenters. The van der Waals surface area contributed by atoms with Crippen LogP contribution < -0.4 is 0 Å². The molecular formula is C22H26N4O3S2. The number of hydrogen-bond acceptors (Lipinski definition) is 5. The van der Waals surface area contributed by atoms with Gasteiger partial charge in [-0.05, 0) is 38.1 Å². The van der Waals surface area contributed by atoms with E-state index in [-0.39, 0.29) is 16.1 Å². The number of para-hydroxylation sites is 2. The van der Waals surface area contributed by atoms with Crippen LogP contribution in [-0.2, 0) is 21.4 Å². The maximum absolute atomic E-state index is 13.0. The van der Waals surface area contributed by atoms with Crippen LogP contribution in [0.4, 0.5) is 0 Å². The van der Waals surface area contributed by atoms with Crippen molar-refractivity contribution in [2.45, 2.75) is 35.7 Å². The second-order valence-corrected chi connectivity index (χ2v) is 10.7. The number of carbonyl (C=O) groups excluding carboxylic acids is 1. The van der Waals surface area contributed by atoms with Crippen LogP contribution in [0.5, 0.6) is 0 Å². The molecule has 164 valence electrons. The van der Waals surface area contributed by atoms with E-state index in [2.05, 4.69) is 11.5 Å². The Bertz CT molecular complexity index is 1170. The highest BCUT2D eigenvalue weighted by molar-refractivity contribution is 8.00. The minimum atomic E-state index is -3.53. The minimum absolute atomic E-state index is 0.0106. The largest absolute Gasteiger partial charge is 0.339 e. The fourth-order valence-corrected chi connectivity index (χ4v) is 6.32. The number of hydrogen-bond donors (Lipinski definition) is 0. The number of nitrogens with zero attached hydrogens (tertiary/aromatic N) is 4. The first-order valence-corrected chi connectivity index (χ1v) is 12.7. The van der Waals surface area contributed by atoms with Crippen molar-refractivity contribution >= 4 is 38.7 Å². The molecule has 31 heavy (non-hydrogen) atoms. The monoisotopic (exact) mass is 458 g/mol. The van der Waals surface area contributed by atoms with Crippen molar-refractivity contribution in [1.82, 2.24) is 18.8 Å². The molecule has 1 aliphatic heterocycles. The van der Waals surface area contributed by atoms with E-state index in [0.717, 1.165) is 22.7 Å². The molecule has 0 N–H and O–H groups in total. The fourth-order valence-electron chi connectivity index (χ4n) is 3.80. The van der Waals surface area contributed by atoms with E-state index >= 15 is 0 Å². The molecule has 7 nitrogen and oxygen atoms in total. The molecule has 0 unspecified atom stereocenters. The van der Waals surface area contributed by atoms with E-state index < -0.39 is 10.0 Å².